The van der Waals surface area contributed by atoms with E-state index in [0.29, 0.717) is 12.1 Å². The van der Waals surface area contributed by atoms with E-state index in [2.05, 4.69) is 4.72 Å². The standard InChI is InChI=1S/C20H26N2O3S/c1-15(2)22(14-18-8-6-5-7-9-18)20(23)13-21-26(24,25)19-11-10-16(3)12-17(19)4/h5-12,15,21H,13-14H2,1-4H3. The fourth-order valence-corrected chi connectivity index (χ4v) is 3.97. The van der Waals surface area contributed by atoms with Crippen molar-refractivity contribution in [2.45, 2.75) is 45.2 Å². The topological polar surface area (TPSA) is 66.5 Å². The first-order valence-electron chi connectivity index (χ1n) is 8.61. The van der Waals surface area contributed by atoms with Crippen molar-refractivity contribution in [3.63, 3.8) is 0 Å². The van der Waals surface area contributed by atoms with Crippen LogP contribution in [0, 0.1) is 13.8 Å². The van der Waals surface area contributed by atoms with Gasteiger partial charge in [-0.15, -0.1) is 0 Å². The number of amides is 1. The van der Waals surface area contributed by atoms with Crippen LogP contribution < -0.4 is 4.72 Å². The average Bonchev–Trinajstić information content (AvgIpc) is 2.58. The Morgan fingerprint density at radius 3 is 2.31 bits per heavy atom. The van der Waals surface area contributed by atoms with Crippen molar-refractivity contribution in [2.75, 3.05) is 6.54 Å². The number of carbonyl (C=O) groups excluding carboxylic acids is 1. The molecule has 0 heterocycles. The maximum atomic E-state index is 12.6. The number of carbonyl (C=O) groups is 1. The van der Waals surface area contributed by atoms with E-state index in [4.69, 9.17) is 0 Å². The van der Waals surface area contributed by atoms with Gasteiger partial charge in [0.2, 0.25) is 15.9 Å². The lowest BCUT2D eigenvalue weighted by molar-refractivity contribution is -0.132. The summed E-state index contributed by atoms with van der Waals surface area (Å²) in [7, 11) is -3.73. The Bertz CT molecular complexity index is 862. The first-order valence-corrected chi connectivity index (χ1v) is 10.1. The highest BCUT2D eigenvalue weighted by atomic mass is 32.2. The molecule has 1 N–H and O–H groups in total. The molecule has 0 radical (unpaired) electrons. The van der Waals surface area contributed by atoms with Crippen LogP contribution in [0.25, 0.3) is 0 Å². The molecule has 0 saturated heterocycles. The summed E-state index contributed by atoms with van der Waals surface area (Å²) in [5.41, 5.74) is 2.66. The second kappa shape index (κ2) is 8.47. The van der Waals surface area contributed by atoms with E-state index in [0.717, 1.165) is 11.1 Å². The fraction of sp³-hybridized carbons (Fsp3) is 0.350. The van der Waals surface area contributed by atoms with Gasteiger partial charge in [0.05, 0.1) is 11.4 Å². The largest absolute Gasteiger partial charge is 0.335 e. The Morgan fingerprint density at radius 1 is 1.08 bits per heavy atom. The van der Waals surface area contributed by atoms with Crippen molar-refractivity contribution in [1.82, 2.24) is 9.62 Å². The Morgan fingerprint density at radius 2 is 1.73 bits per heavy atom. The van der Waals surface area contributed by atoms with E-state index < -0.39 is 10.0 Å². The third kappa shape index (κ3) is 5.16. The van der Waals surface area contributed by atoms with Crippen molar-refractivity contribution in [3.05, 3.63) is 65.2 Å². The molecule has 2 aromatic carbocycles. The molecule has 0 fully saturated rings. The van der Waals surface area contributed by atoms with Gasteiger partial charge in [-0.3, -0.25) is 4.79 Å². The zero-order valence-electron chi connectivity index (χ0n) is 15.7. The number of hydrogen-bond acceptors (Lipinski definition) is 3. The van der Waals surface area contributed by atoms with Crippen LogP contribution in [0.2, 0.25) is 0 Å². The number of benzene rings is 2. The molecule has 0 aromatic heterocycles. The van der Waals surface area contributed by atoms with Gasteiger partial charge in [0.15, 0.2) is 0 Å². The molecule has 5 nitrogen and oxygen atoms in total. The lowest BCUT2D eigenvalue weighted by Gasteiger charge is -2.27. The van der Waals surface area contributed by atoms with Crippen molar-refractivity contribution in [1.29, 1.82) is 0 Å². The minimum Gasteiger partial charge on any atom is -0.335 e. The highest BCUT2D eigenvalue weighted by Gasteiger charge is 2.22. The zero-order chi connectivity index (χ0) is 19.3. The average molecular weight is 375 g/mol. The van der Waals surface area contributed by atoms with Crippen LogP contribution in [-0.4, -0.2) is 31.8 Å². The van der Waals surface area contributed by atoms with Gasteiger partial charge in [-0.2, -0.15) is 0 Å². The summed E-state index contributed by atoms with van der Waals surface area (Å²) >= 11 is 0. The van der Waals surface area contributed by atoms with Crippen LogP contribution in [0.15, 0.2) is 53.4 Å². The molecule has 0 unspecified atom stereocenters. The minimum absolute atomic E-state index is 0.0340. The van der Waals surface area contributed by atoms with E-state index in [1.165, 1.54) is 0 Å². The third-order valence-corrected chi connectivity index (χ3v) is 5.73. The number of nitrogens with one attached hydrogen (secondary N) is 1. The first kappa shape index (κ1) is 20.1. The highest BCUT2D eigenvalue weighted by Crippen LogP contribution is 2.16. The van der Waals surface area contributed by atoms with Crippen LogP contribution in [-0.2, 0) is 21.4 Å². The molecule has 0 aliphatic carbocycles. The number of aryl methyl sites for hydroxylation is 2. The Hall–Kier alpha value is -2.18. The molecule has 140 valence electrons. The van der Waals surface area contributed by atoms with E-state index in [-0.39, 0.29) is 23.4 Å². The molecule has 0 saturated carbocycles. The summed E-state index contributed by atoms with van der Waals surface area (Å²) in [5, 5.41) is 0. The molecule has 6 heteroatoms. The van der Waals surface area contributed by atoms with Gasteiger partial charge in [-0.05, 0) is 44.9 Å². The molecule has 2 rings (SSSR count). The normalized spacial score (nSPS) is 11.6. The lowest BCUT2D eigenvalue weighted by Crippen LogP contribution is -2.43. The molecule has 26 heavy (non-hydrogen) atoms. The van der Waals surface area contributed by atoms with Crippen LogP contribution in [0.5, 0.6) is 0 Å². The van der Waals surface area contributed by atoms with Gasteiger partial charge in [-0.25, -0.2) is 13.1 Å². The quantitative estimate of drug-likeness (QED) is 0.810. The summed E-state index contributed by atoms with van der Waals surface area (Å²) < 4.78 is 27.5. The first-order chi connectivity index (χ1) is 12.2. The highest BCUT2D eigenvalue weighted by molar-refractivity contribution is 7.89. The summed E-state index contributed by atoms with van der Waals surface area (Å²) in [6, 6.07) is 14.7. The van der Waals surface area contributed by atoms with Crippen LogP contribution >= 0.6 is 0 Å². The second-order valence-electron chi connectivity index (χ2n) is 6.69. The lowest BCUT2D eigenvalue weighted by atomic mass is 10.2. The predicted octanol–water partition coefficient (Wildman–Crippen LogP) is 3.02. The van der Waals surface area contributed by atoms with Crippen LogP contribution in [0.3, 0.4) is 0 Å². The molecule has 2 aromatic rings. The molecule has 0 aliphatic heterocycles. The third-order valence-electron chi connectivity index (χ3n) is 4.17. The smallest absolute Gasteiger partial charge is 0.241 e. The van der Waals surface area contributed by atoms with Crippen molar-refractivity contribution in [3.8, 4) is 0 Å². The summed E-state index contributed by atoms with van der Waals surface area (Å²) in [6.45, 7) is 7.67. The summed E-state index contributed by atoms with van der Waals surface area (Å²) in [5.74, 6) is -0.253. The van der Waals surface area contributed by atoms with Gasteiger partial charge in [-0.1, -0.05) is 48.0 Å². The van der Waals surface area contributed by atoms with E-state index in [9.17, 15) is 13.2 Å². The Kier molecular flexibility index (Phi) is 6.56. The van der Waals surface area contributed by atoms with Crippen LogP contribution in [0.1, 0.15) is 30.5 Å². The minimum atomic E-state index is -3.73. The second-order valence-corrected chi connectivity index (χ2v) is 8.43. The Labute approximate surface area is 156 Å². The molecule has 0 aliphatic rings. The molecular weight excluding hydrogens is 348 g/mol. The van der Waals surface area contributed by atoms with Gasteiger partial charge in [0.1, 0.15) is 0 Å². The van der Waals surface area contributed by atoms with Crippen molar-refractivity contribution < 1.29 is 13.2 Å². The monoisotopic (exact) mass is 374 g/mol. The van der Waals surface area contributed by atoms with Crippen molar-refractivity contribution >= 4 is 15.9 Å². The fourth-order valence-electron chi connectivity index (χ4n) is 2.78. The van der Waals surface area contributed by atoms with Gasteiger partial charge >= 0.3 is 0 Å². The van der Waals surface area contributed by atoms with Gasteiger partial charge in [0, 0.05) is 12.6 Å². The van der Waals surface area contributed by atoms with Gasteiger partial charge in [0.25, 0.3) is 0 Å². The van der Waals surface area contributed by atoms with E-state index in [1.54, 1.807) is 24.0 Å². The molecule has 1 amide bonds. The summed E-state index contributed by atoms with van der Waals surface area (Å²) in [4.78, 5) is 14.5. The summed E-state index contributed by atoms with van der Waals surface area (Å²) in [6.07, 6.45) is 0. The SMILES string of the molecule is Cc1ccc(S(=O)(=O)NCC(=O)N(Cc2ccccc2)C(C)C)c(C)c1. The number of hydrogen-bond donors (Lipinski definition) is 1. The predicted molar refractivity (Wildman–Crippen MR) is 103 cm³/mol. The number of nitrogens with zero attached hydrogens (tertiary/aromatic N) is 1. The van der Waals surface area contributed by atoms with Crippen molar-refractivity contribution in [2.24, 2.45) is 0 Å². The maximum absolute atomic E-state index is 12.6. The molecule has 0 spiro atoms. The molecule has 0 atom stereocenters. The van der Waals surface area contributed by atoms with Crippen LogP contribution in [0.4, 0.5) is 0 Å². The number of sulfonamides is 1. The Balaban J connectivity index is 2.09. The maximum Gasteiger partial charge on any atom is 0.241 e. The molecule has 0 bridgehead atoms. The molecular formula is C20H26N2O3S. The van der Waals surface area contributed by atoms with E-state index >= 15 is 0 Å². The number of rotatable bonds is 7. The van der Waals surface area contributed by atoms with E-state index in [1.807, 2.05) is 57.2 Å². The van der Waals surface area contributed by atoms with Gasteiger partial charge < -0.3 is 4.90 Å². The zero-order valence-corrected chi connectivity index (χ0v) is 16.5.